The lowest BCUT2D eigenvalue weighted by molar-refractivity contribution is 0.0888. The largest absolute Gasteiger partial charge is 0.381 e. The van der Waals surface area contributed by atoms with E-state index in [1.807, 2.05) is 0 Å². The van der Waals surface area contributed by atoms with Crippen LogP contribution in [0, 0.1) is 12.8 Å². The molecule has 2 N–H and O–H groups in total. The standard InChI is InChI=1S/C22H37N3O2/c1-5-23-21(24-11-7-12-26-15-19-10-13-27-16-19)25-17-22(3,4)20-9-6-8-18(2)14-20/h6,8-9,14,19H,5,7,10-13,15-17H2,1-4H3,(H2,23,24,25). The molecule has 1 aromatic carbocycles. The highest BCUT2D eigenvalue weighted by Crippen LogP contribution is 2.24. The molecule has 0 aromatic heterocycles. The van der Waals surface area contributed by atoms with Gasteiger partial charge < -0.3 is 20.1 Å². The molecular formula is C22H37N3O2. The van der Waals surface area contributed by atoms with Crippen molar-refractivity contribution in [3.63, 3.8) is 0 Å². The number of hydrogen-bond donors (Lipinski definition) is 2. The molecule has 1 atom stereocenters. The molecule has 1 heterocycles. The molecule has 0 bridgehead atoms. The number of rotatable bonds is 10. The predicted octanol–water partition coefficient (Wildman–Crippen LogP) is 3.27. The molecule has 0 aliphatic carbocycles. The zero-order valence-corrected chi connectivity index (χ0v) is 17.5. The van der Waals surface area contributed by atoms with Crippen LogP contribution in [0.4, 0.5) is 0 Å². The van der Waals surface area contributed by atoms with E-state index >= 15 is 0 Å². The average molecular weight is 376 g/mol. The van der Waals surface area contributed by atoms with Crippen molar-refractivity contribution < 1.29 is 9.47 Å². The van der Waals surface area contributed by atoms with Gasteiger partial charge in [0.1, 0.15) is 0 Å². The number of nitrogens with one attached hydrogen (secondary N) is 2. The van der Waals surface area contributed by atoms with Gasteiger partial charge >= 0.3 is 0 Å². The molecule has 1 unspecified atom stereocenters. The summed E-state index contributed by atoms with van der Waals surface area (Å²) in [7, 11) is 0. The number of aliphatic imine (C=N–C) groups is 1. The Labute approximate surface area is 164 Å². The number of ether oxygens (including phenoxy) is 2. The van der Waals surface area contributed by atoms with Crippen LogP contribution in [0.15, 0.2) is 29.3 Å². The minimum atomic E-state index is 0.000829. The van der Waals surface area contributed by atoms with E-state index in [1.165, 1.54) is 11.1 Å². The van der Waals surface area contributed by atoms with E-state index in [0.717, 1.165) is 64.9 Å². The molecule has 0 radical (unpaired) electrons. The van der Waals surface area contributed by atoms with Crippen LogP contribution < -0.4 is 10.6 Å². The minimum absolute atomic E-state index is 0.000829. The van der Waals surface area contributed by atoms with Crippen molar-refractivity contribution in [2.75, 3.05) is 46.1 Å². The summed E-state index contributed by atoms with van der Waals surface area (Å²) in [5, 5.41) is 6.75. The summed E-state index contributed by atoms with van der Waals surface area (Å²) in [6.07, 6.45) is 2.10. The Morgan fingerprint density at radius 2 is 2.19 bits per heavy atom. The van der Waals surface area contributed by atoms with Gasteiger partial charge in [-0.1, -0.05) is 43.7 Å². The molecule has 1 fully saturated rings. The van der Waals surface area contributed by atoms with Crippen LogP contribution in [-0.4, -0.2) is 52.0 Å². The van der Waals surface area contributed by atoms with Crippen molar-refractivity contribution in [1.29, 1.82) is 0 Å². The quantitative estimate of drug-likeness (QED) is 0.374. The molecule has 27 heavy (non-hydrogen) atoms. The number of benzene rings is 1. The van der Waals surface area contributed by atoms with Gasteiger partial charge in [-0.15, -0.1) is 0 Å². The summed E-state index contributed by atoms with van der Waals surface area (Å²) < 4.78 is 11.1. The van der Waals surface area contributed by atoms with Crippen LogP contribution in [0.1, 0.15) is 44.7 Å². The first kappa shape index (κ1) is 21.7. The second-order valence-electron chi connectivity index (χ2n) is 8.03. The van der Waals surface area contributed by atoms with Gasteiger partial charge in [-0.2, -0.15) is 0 Å². The van der Waals surface area contributed by atoms with E-state index in [4.69, 9.17) is 14.5 Å². The van der Waals surface area contributed by atoms with E-state index < -0.39 is 0 Å². The number of aryl methyl sites for hydroxylation is 1. The second-order valence-corrected chi connectivity index (χ2v) is 8.03. The van der Waals surface area contributed by atoms with E-state index in [9.17, 15) is 0 Å². The third-order valence-electron chi connectivity index (χ3n) is 4.91. The molecule has 1 aliphatic heterocycles. The van der Waals surface area contributed by atoms with Crippen molar-refractivity contribution in [3.8, 4) is 0 Å². The Morgan fingerprint density at radius 3 is 2.89 bits per heavy atom. The van der Waals surface area contributed by atoms with E-state index in [1.54, 1.807) is 0 Å². The molecule has 0 amide bonds. The van der Waals surface area contributed by atoms with Crippen molar-refractivity contribution in [1.82, 2.24) is 10.6 Å². The minimum Gasteiger partial charge on any atom is -0.381 e. The molecule has 5 nitrogen and oxygen atoms in total. The van der Waals surface area contributed by atoms with E-state index in [2.05, 4.69) is 62.6 Å². The summed E-state index contributed by atoms with van der Waals surface area (Å²) in [6, 6.07) is 8.70. The van der Waals surface area contributed by atoms with E-state index in [-0.39, 0.29) is 5.41 Å². The van der Waals surface area contributed by atoms with Gasteiger partial charge in [-0.05, 0) is 32.3 Å². The SMILES string of the molecule is CCNC(=NCC(C)(C)c1cccc(C)c1)NCCCOCC1CCOC1. The molecule has 152 valence electrons. The maximum atomic E-state index is 5.76. The Kier molecular flexibility index (Phi) is 9.08. The molecular weight excluding hydrogens is 338 g/mol. The summed E-state index contributed by atoms with van der Waals surface area (Å²) >= 11 is 0. The van der Waals surface area contributed by atoms with Crippen molar-refractivity contribution in [2.45, 2.75) is 46.0 Å². The fourth-order valence-electron chi connectivity index (χ4n) is 3.12. The summed E-state index contributed by atoms with van der Waals surface area (Å²) in [6.45, 7) is 14.5. The lowest BCUT2D eigenvalue weighted by atomic mass is 9.84. The van der Waals surface area contributed by atoms with Crippen molar-refractivity contribution in [2.24, 2.45) is 10.9 Å². The second kappa shape index (κ2) is 11.3. The van der Waals surface area contributed by atoms with Crippen LogP contribution in [0.5, 0.6) is 0 Å². The molecule has 1 saturated heterocycles. The fraction of sp³-hybridized carbons (Fsp3) is 0.682. The highest BCUT2D eigenvalue weighted by molar-refractivity contribution is 5.79. The van der Waals surface area contributed by atoms with Crippen LogP contribution >= 0.6 is 0 Å². The molecule has 5 heteroatoms. The highest BCUT2D eigenvalue weighted by atomic mass is 16.5. The molecule has 0 spiro atoms. The van der Waals surface area contributed by atoms with Crippen molar-refractivity contribution >= 4 is 5.96 Å². The molecule has 2 rings (SSSR count). The predicted molar refractivity (Wildman–Crippen MR) is 113 cm³/mol. The molecule has 1 aliphatic rings. The van der Waals surface area contributed by atoms with Crippen LogP contribution in [-0.2, 0) is 14.9 Å². The first-order valence-electron chi connectivity index (χ1n) is 10.3. The Bertz CT molecular complexity index is 581. The average Bonchev–Trinajstić information content (AvgIpc) is 3.16. The van der Waals surface area contributed by atoms with Gasteiger partial charge in [0.25, 0.3) is 0 Å². The Balaban J connectivity index is 1.74. The molecule has 1 aromatic rings. The number of guanidine groups is 1. The van der Waals surface area contributed by atoms with Crippen LogP contribution in [0.25, 0.3) is 0 Å². The summed E-state index contributed by atoms with van der Waals surface area (Å²) in [5.74, 6) is 1.46. The zero-order chi connectivity index (χ0) is 19.5. The van der Waals surface area contributed by atoms with Gasteiger partial charge in [-0.25, -0.2) is 0 Å². The van der Waals surface area contributed by atoms with Crippen LogP contribution in [0.2, 0.25) is 0 Å². The zero-order valence-electron chi connectivity index (χ0n) is 17.5. The van der Waals surface area contributed by atoms with E-state index in [0.29, 0.717) is 5.92 Å². The first-order chi connectivity index (χ1) is 13.0. The number of nitrogens with zero attached hydrogens (tertiary/aromatic N) is 1. The van der Waals surface area contributed by atoms with Gasteiger partial charge in [0.2, 0.25) is 0 Å². The number of hydrogen-bond acceptors (Lipinski definition) is 3. The van der Waals surface area contributed by atoms with Gasteiger partial charge in [0.15, 0.2) is 5.96 Å². The highest BCUT2D eigenvalue weighted by Gasteiger charge is 2.20. The maximum Gasteiger partial charge on any atom is 0.191 e. The Hall–Kier alpha value is -1.59. The normalized spacial score (nSPS) is 17.9. The van der Waals surface area contributed by atoms with Gasteiger partial charge in [-0.3, -0.25) is 4.99 Å². The van der Waals surface area contributed by atoms with Crippen molar-refractivity contribution in [3.05, 3.63) is 35.4 Å². The smallest absolute Gasteiger partial charge is 0.191 e. The third kappa shape index (κ3) is 7.89. The first-order valence-corrected chi connectivity index (χ1v) is 10.3. The Morgan fingerprint density at radius 1 is 1.33 bits per heavy atom. The lowest BCUT2D eigenvalue weighted by Crippen LogP contribution is -2.39. The summed E-state index contributed by atoms with van der Waals surface area (Å²) in [5.41, 5.74) is 2.62. The fourth-order valence-corrected chi connectivity index (χ4v) is 3.12. The maximum absolute atomic E-state index is 5.76. The lowest BCUT2D eigenvalue weighted by Gasteiger charge is -2.24. The monoisotopic (exact) mass is 375 g/mol. The van der Waals surface area contributed by atoms with Crippen LogP contribution in [0.3, 0.4) is 0 Å². The topological polar surface area (TPSA) is 54.9 Å². The molecule has 0 saturated carbocycles. The van der Waals surface area contributed by atoms with Gasteiger partial charge in [0.05, 0.1) is 19.8 Å². The third-order valence-corrected chi connectivity index (χ3v) is 4.91. The summed E-state index contributed by atoms with van der Waals surface area (Å²) in [4.78, 5) is 4.81. The van der Waals surface area contributed by atoms with Gasteiger partial charge in [0, 0.05) is 37.6 Å².